The van der Waals surface area contributed by atoms with Crippen LogP contribution in [-0.2, 0) is 4.84 Å². The molecule has 0 aliphatic heterocycles. The molecule has 0 atom stereocenters. The molecule has 0 bridgehead atoms. The van der Waals surface area contributed by atoms with E-state index in [2.05, 4.69) is 17.3 Å². The normalized spacial score (nSPS) is 9.39. The summed E-state index contributed by atoms with van der Waals surface area (Å²) in [7, 11) is 0. The van der Waals surface area contributed by atoms with Crippen LogP contribution in [0.5, 0.6) is 0 Å². The zero-order valence-corrected chi connectivity index (χ0v) is 10.3. The molecule has 0 aromatic heterocycles. The molecule has 0 fully saturated rings. The Bertz CT molecular complexity index is 535. The Morgan fingerprint density at radius 3 is 2.11 bits per heavy atom. The number of benzene rings is 2. The van der Waals surface area contributed by atoms with E-state index in [4.69, 9.17) is 4.84 Å². The SMILES string of the molecule is CCONc1ccc(C#Cc2ccccc2)cc1. The van der Waals surface area contributed by atoms with Crippen LogP contribution < -0.4 is 5.48 Å². The van der Waals surface area contributed by atoms with Crippen LogP contribution in [0.3, 0.4) is 0 Å². The second-order valence-electron chi connectivity index (χ2n) is 3.73. The van der Waals surface area contributed by atoms with Gasteiger partial charge in [-0.15, -0.1) is 0 Å². The number of hydrogen-bond donors (Lipinski definition) is 1. The molecule has 2 rings (SSSR count). The molecule has 0 amide bonds. The third-order valence-corrected chi connectivity index (χ3v) is 2.34. The highest BCUT2D eigenvalue weighted by molar-refractivity contribution is 5.49. The maximum Gasteiger partial charge on any atom is 0.0717 e. The first-order valence-corrected chi connectivity index (χ1v) is 5.93. The summed E-state index contributed by atoms with van der Waals surface area (Å²) in [6.07, 6.45) is 0. The molecule has 0 unspecified atom stereocenters. The van der Waals surface area contributed by atoms with Gasteiger partial charge in [-0.25, -0.2) is 0 Å². The van der Waals surface area contributed by atoms with Gasteiger partial charge in [0, 0.05) is 11.1 Å². The van der Waals surface area contributed by atoms with Gasteiger partial charge in [0.15, 0.2) is 0 Å². The third-order valence-electron chi connectivity index (χ3n) is 2.34. The van der Waals surface area contributed by atoms with Crippen LogP contribution in [0.1, 0.15) is 18.1 Å². The summed E-state index contributed by atoms with van der Waals surface area (Å²) in [4.78, 5) is 5.10. The lowest BCUT2D eigenvalue weighted by Gasteiger charge is -2.03. The molecule has 18 heavy (non-hydrogen) atoms. The summed E-state index contributed by atoms with van der Waals surface area (Å²) in [5, 5.41) is 0. The molecule has 2 aromatic rings. The standard InChI is InChI=1S/C16H15NO/c1-2-18-17-16-12-10-15(11-13-16)9-8-14-6-4-3-5-7-14/h3-7,10-13,17H,2H2,1H3. The van der Waals surface area contributed by atoms with Gasteiger partial charge in [0.05, 0.1) is 12.3 Å². The Hall–Kier alpha value is -2.24. The molecule has 2 heteroatoms. The van der Waals surface area contributed by atoms with E-state index in [0.29, 0.717) is 6.61 Å². The molecular formula is C16H15NO. The molecule has 0 aliphatic rings. The van der Waals surface area contributed by atoms with Crippen molar-refractivity contribution in [1.82, 2.24) is 0 Å². The molecule has 0 aliphatic carbocycles. The van der Waals surface area contributed by atoms with Crippen molar-refractivity contribution in [1.29, 1.82) is 0 Å². The second kappa shape index (κ2) is 6.48. The molecule has 0 heterocycles. The minimum atomic E-state index is 0.634. The third kappa shape index (κ3) is 3.65. The largest absolute Gasteiger partial charge is 0.276 e. The number of nitrogens with one attached hydrogen (secondary N) is 1. The van der Waals surface area contributed by atoms with Crippen LogP contribution in [0.15, 0.2) is 54.6 Å². The van der Waals surface area contributed by atoms with Gasteiger partial charge in [-0.3, -0.25) is 10.3 Å². The molecule has 0 radical (unpaired) electrons. The Morgan fingerprint density at radius 2 is 1.50 bits per heavy atom. The van der Waals surface area contributed by atoms with Crippen molar-refractivity contribution in [2.45, 2.75) is 6.92 Å². The molecule has 1 N–H and O–H groups in total. The smallest absolute Gasteiger partial charge is 0.0717 e. The van der Waals surface area contributed by atoms with Crippen molar-refractivity contribution >= 4 is 5.69 Å². The molecule has 2 nitrogen and oxygen atoms in total. The first-order valence-electron chi connectivity index (χ1n) is 5.93. The molecule has 2 aromatic carbocycles. The van der Waals surface area contributed by atoms with Crippen LogP contribution in [0.25, 0.3) is 0 Å². The van der Waals surface area contributed by atoms with Gasteiger partial charge in [0.25, 0.3) is 0 Å². The average Bonchev–Trinajstić information content (AvgIpc) is 2.45. The summed E-state index contributed by atoms with van der Waals surface area (Å²) in [6, 6.07) is 17.8. The van der Waals surface area contributed by atoms with Gasteiger partial charge < -0.3 is 0 Å². The highest BCUT2D eigenvalue weighted by atomic mass is 16.6. The van der Waals surface area contributed by atoms with Crippen LogP contribution in [0.4, 0.5) is 5.69 Å². The van der Waals surface area contributed by atoms with Gasteiger partial charge in [0.2, 0.25) is 0 Å². The van der Waals surface area contributed by atoms with Crippen molar-refractivity contribution in [3.8, 4) is 11.8 Å². The summed E-state index contributed by atoms with van der Waals surface area (Å²) < 4.78 is 0. The predicted molar refractivity (Wildman–Crippen MR) is 74.1 cm³/mol. The Kier molecular flexibility index (Phi) is 4.40. The summed E-state index contributed by atoms with van der Waals surface area (Å²) >= 11 is 0. The molecule has 0 saturated heterocycles. The Balaban J connectivity index is 2.05. The topological polar surface area (TPSA) is 21.3 Å². The van der Waals surface area contributed by atoms with E-state index in [1.807, 2.05) is 61.5 Å². The Labute approximate surface area is 108 Å². The maximum atomic E-state index is 5.10. The molecular weight excluding hydrogens is 222 g/mol. The minimum Gasteiger partial charge on any atom is -0.276 e. The fourth-order valence-corrected chi connectivity index (χ4v) is 1.44. The average molecular weight is 237 g/mol. The van der Waals surface area contributed by atoms with E-state index < -0.39 is 0 Å². The second-order valence-corrected chi connectivity index (χ2v) is 3.73. The molecule has 0 saturated carbocycles. The lowest BCUT2D eigenvalue weighted by molar-refractivity contribution is 0.210. The highest BCUT2D eigenvalue weighted by Gasteiger charge is 1.91. The van der Waals surface area contributed by atoms with Crippen LogP contribution in [0, 0.1) is 11.8 Å². The monoisotopic (exact) mass is 237 g/mol. The highest BCUT2D eigenvalue weighted by Crippen LogP contribution is 2.08. The Morgan fingerprint density at radius 1 is 0.889 bits per heavy atom. The summed E-state index contributed by atoms with van der Waals surface area (Å²) in [5.41, 5.74) is 5.79. The summed E-state index contributed by atoms with van der Waals surface area (Å²) in [5.74, 6) is 6.25. The van der Waals surface area contributed by atoms with Gasteiger partial charge in [-0.2, -0.15) is 0 Å². The first-order chi connectivity index (χ1) is 8.88. The van der Waals surface area contributed by atoms with Crippen molar-refractivity contribution in [2.75, 3.05) is 12.1 Å². The van der Waals surface area contributed by atoms with Gasteiger partial charge in [-0.05, 0) is 43.3 Å². The van der Waals surface area contributed by atoms with E-state index in [9.17, 15) is 0 Å². The van der Waals surface area contributed by atoms with E-state index in [0.717, 1.165) is 16.8 Å². The molecule has 90 valence electrons. The van der Waals surface area contributed by atoms with Crippen molar-refractivity contribution < 1.29 is 4.84 Å². The van der Waals surface area contributed by atoms with Crippen molar-refractivity contribution in [3.63, 3.8) is 0 Å². The van der Waals surface area contributed by atoms with Gasteiger partial charge in [-0.1, -0.05) is 30.0 Å². The lowest BCUT2D eigenvalue weighted by Crippen LogP contribution is -1.99. The maximum absolute atomic E-state index is 5.10. The van der Waals surface area contributed by atoms with Crippen LogP contribution in [0.2, 0.25) is 0 Å². The van der Waals surface area contributed by atoms with E-state index in [1.54, 1.807) is 0 Å². The number of rotatable bonds is 3. The zero-order valence-electron chi connectivity index (χ0n) is 10.3. The fourth-order valence-electron chi connectivity index (χ4n) is 1.44. The fraction of sp³-hybridized carbons (Fsp3) is 0.125. The zero-order chi connectivity index (χ0) is 12.6. The minimum absolute atomic E-state index is 0.634. The van der Waals surface area contributed by atoms with Crippen LogP contribution in [-0.4, -0.2) is 6.61 Å². The van der Waals surface area contributed by atoms with Crippen LogP contribution >= 0.6 is 0 Å². The number of anilines is 1. The van der Waals surface area contributed by atoms with Crippen molar-refractivity contribution in [2.24, 2.45) is 0 Å². The van der Waals surface area contributed by atoms with Gasteiger partial charge in [0.1, 0.15) is 0 Å². The quantitative estimate of drug-likeness (QED) is 0.652. The first kappa shape index (κ1) is 12.2. The van der Waals surface area contributed by atoms with Gasteiger partial charge >= 0.3 is 0 Å². The van der Waals surface area contributed by atoms with Crippen molar-refractivity contribution in [3.05, 3.63) is 65.7 Å². The summed E-state index contributed by atoms with van der Waals surface area (Å²) in [6.45, 7) is 2.57. The lowest BCUT2D eigenvalue weighted by atomic mass is 10.2. The predicted octanol–water partition coefficient (Wildman–Crippen LogP) is 3.45. The van der Waals surface area contributed by atoms with E-state index in [1.165, 1.54) is 0 Å². The van der Waals surface area contributed by atoms with E-state index >= 15 is 0 Å². The molecule has 0 spiro atoms. The van der Waals surface area contributed by atoms with E-state index in [-0.39, 0.29) is 0 Å². The number of hydrogen-bond acceptors (Lipinski definition) is 2.